The Morgan fingerprint density at radius 2 is 2.20 bits per heavy atom. The number of hydrogen-bond donors (Lipinski definition) is 2. The predicted molar refractivity (Wildman–Crippen MR) is 87.1 cm³/mol. The number of anilines is 1. The minimum atomic E-state index is -0.245. The zero-order chi connectivity index (χ0) is 14.8. The summed E-state index contributed by atoms with van der Waals surface area (Å²) in [6, 6.07) is 4.14. The van der Waals surface area contributed by atoms with Gasteiger partial charge in [0.2, 0.25) is 5.91 Å². The Morgan fingerprint density at radius 1 is 1.45 bits per heavy atom. The van der Waals surface area contributed by atoms with E-state index < -0.39 is 0 Å². The lowest BCUT2D eigenvalue weighted by molar-refractivity contribution is -0.125. The third-order valence-electron chi connectivity index (χ3n) is 4.12. The van der Waals surface area contributed by atoms with E-state index in [4.69, 9.17) is 0 Å². The van der Waals surface area contributed by atoms with Crippen LogP contribution in [0.15, 0.2) is 16.6 Å². The molecule has 1 amide bonds. The Kier molecular flexibility index (Phi) is 4.86. The molecule has 1 aromatic carbocycles. The number of benzene rings is 1. The molecule has 1 heterocycles. The average Bonchev–Trinajstić information content (AvgIpc) is 2.83. The van der Waals surface area contributed by atoms with Gasteiger partial charge in [-0.25, -0.2) is 0 Å². The molecular formula is C16H23BrN2O. The van der Waals surface area contributed by atoms with Gasteiger partial charge in [-0.2, -0.15) is 0 Å². The molecule has 1 atom stereocenters. The maximum Gasteiger partial charge on any atom is 0.231 e. The molecule has 1 fully saturated rings. The molecule has 1 aromatic rings. The Morgan fingerprint density at radius 3 is 2.75 bits per heavy atom. The van der Waals surface area contributed by atoms with Crippen molar-refractivity contribution >= 4 is 27.5 Å². The quantitative estimate of drug-likeness (QED) is 0.876. The molecule has 1 aliphatic heterocycles. The first-order chi connectivity index (χ1) is 9.48. The largest absolute Gasteiger partial charge is 0.324 e. The Labute approximate surface area is 129 Å². The van der Waals surface area contributed by atoms with Crippen LogP contribution in [0.3, 0.4) is 0 Å². The lowest BCUT2D eigenvalue weighted by Gasteiger charge is -2.27. The van der Waals surface area contributed by atoms with Gasteiger partial charge < -0.3 is 10.6 Å². The number of carbonyl (C=O) groups excluding carboxylic acids is 1. The minimum Gasteiger partial charge on any atom is -0.324 e. The molecule has 0 aliphatic carbocycles. The van der Waals surface area contributed by atoms with Crippen LogP contribution in [0.25, 0.3) is 0 Å². The van der Waals surface area contributed by atoms with Crippen LogP contribution in [-0.2, 0) is 4.79 Å². The van der Waals surface area contributed by atoms with Crippen molar-refractivity contribution in [3.8, 4) is 0 Å². The van der Waals surface area contributed by atoms with Gasteiger partial charge in [-0.1, -0.05) is 19.4 Å². The van der Waals surface area contributed by atoms with E-state index in [1.165, 1.54) is 5.56 Å². The zero-order valence-corrected chi connectivity index (χ0v) is 14.1. The first-order valence-electron chi connectivity index (χ1n) is 7.27. The van der Waals surface area contributed by atoms with Crippen molar-refractivity contribution in [2.75, 3.05) is 18.4 Å². The molecule has 0 radical (unpaired) electrons. The number of amides is 1. The smallest absolute Gasteiger partial charge is 0.231 e. The van der Waals surface area contributed by atoms with Gasteiger partial charge in [-0.3, -0.25) is 4.79 Å². The first kappa shape index (κ1) is 15.5. The molecule has 1 aliphatic rings. The Balaban J connectivity index is 2.23. The van der Waals surface area contributed by atoms with E-state index in [2.05, 4.69) is 46.5 Å². The molecule has 3 nitrogen and oxygen atoms in total. The van der Waals surface area contributed by atoms with E-state index in [1.54, 1.807) is 0 Å². The summed E-state index contributed by atoms with van der Waals surface area (Å²) in [6.45, 7) is 7.95. The Hall–Kier alpha value is -0.870. The van der Waals surface area contributed by atoms with Gasteiger partial charge in [-0.15, -0.1) is 0 Å². The molecule has 4 heteroatoms. The average molecular weight is 339 g/mol. The minimum absolute atomic E-state index is 0.150. The van der Waals surface area contributed by atoms with Crippen LogP contribution in [0.4, 0.5) is 5.69 Å². The van der Waals surface area contributed by atoms with Crippen molar-refractivity contribution in [3.05, 3.63) is 27.7 Å². The number of carbonyl (C=O) groups is 1. The van der Waals surface area contributed by atoms with E-state index in [0.29, 0.717) is 0 Å². The van der Waals surface area contributed by atoms with E-state index in [-0.39, 0.29) is 11.3 Å². The lowest BCUT2D eigenvalue weighted by Crippen LogP contribution is -2.38. The van der Waals surface area contributed by atoms with Crippen LogP contribution >= 0.6 is 15.9 Å². The highest BCUT2D eigenvalue weighted by molar-refractivity contribution is 9.10. The maximum absolute atomic E-state index is 12.7. The van der Waals surface area contributed by atoms with Crippen LogP contribution in [0.1, 0.15) is 37.3 Å². The molecule has 2 rings (SSSR count). The van der Waals surface area contributed by atoms with Gasteiger partial charge in [0.05, 0.1) is 11.1 Å². The number of nitrogens with one attached hydrogen (secondary N) is 2. The van der Waals surface area contributed by atoms with Gasteiger partial charge in [0.1, 0.15) is 0 Å². The molecule has 2 N–H and O–H groups in total. The monoisotopic (exact) mass is 338 g/mol. The third kappa shape index (κ3) is 3.07. The summed E-state index contributed by atoms with van der Waals surface area (Å²) >= 11 is 3.56. The highest BCUT2D eigenvalue weighted by Crippen LogP contribution is 2.35. The highest BCUT2D eigenvalue weighted by atomic mass is 79.9. The topological polar surface area (TPSA) is 41.1 Å². The van der Waals surface area contributed by atoms with E-state index in [0.717, 1.165) is 48.1 Å². The fraction of sp³-hybridized carbons (Fsp3) is 0.562. The zero-order valence-electron chi connectivity index (χ0n) is 12.5. The summed E-state index contributed by atoms with van der Waals surface area (Å²) in [6.07, 6.45) is 2.90. The van der Waals surface area contributed by atoms with Crippen LogP contribution in [0, 0.1) is 19.3 Å². The number of aryl methyl sites for hydroxylation is 2. The van der Waals surface area contributed by atoms with Crippen molar-refractivity contribution < 1.29 is 4.79 Å². The summed E-state index contributed by atoms with van der Waals surface area (Å²) in [5, 5.41) is 6.48. The standard InChI is InChI=1S/C16H23BrN2O/c1-4-5-16(6-7-18-10-16)15(20)19-14-12(3)8-11(2)9-13(14)17/h8-9,18H,4-7,10H2,1-3H3,(H,19,20). The summed E-state index contributed by atoms with van der Waals surface area (Å²) in [5.41, 5.74) is 2.95. The van der Waals surface area contributed by atoms with Crippen LogP contribution in [-0.4, -0.2) is 19.0 Å². The second-order valence-electron chi connectivity index (χ2n) is 5.85. The maximum atomic E-state index is 12.7. The molecule has 1 unspecified atom stereocenters. The second kappa shape index (κ2) is 6.27. The Bertz CT molecular complexity index is 484. The van der Waals surface area contributed by atoms with Gasteiger partial charge in [0.15, 0.2) is 0 Å². The molecule has 0 spiro atoms. The summed E-state index contributed by atoms with van der Waals surface area (Å²) < 4.78 is 0.959. The van der Waals surface area contributed by atoms with Crippen molar-refractivity contribution in [1.82, 2.24) is 5.32 Å². The first-order valence-corrected chi connectivity index (χ1v) is 8.07. The molecule has 20 heavy (non-hydrogen) atoms. The van der Waals surface area contributed by atoms with Gasteiger partial charge in [-0.05, 0) is 66.4 Å². The SMILES string of the molecule is CCCC1(C(=O)Nc2c(C)cc(C)cc2Br)CCNC1. The molecule has 0 aromatic heterocycles. The van der Waals surface area contributed by atoms with E-state index in [9.17, 15) is 4.79 Å². The third-order valence-corrected chi connectivity index (χ3v) is 4.75. The van der Waals surface area contributed by atoms with Crippen LogP contribution in [0.2, 0.25) is 0 Å². The molecule has 110 valence electrons. The summed E-state index contributed by atoms with van der Waals surface area (Å²) in [5.74, 6) is 0.150. The highest BCUT2D eigenvalue weighted by Gasteiger charge is 2.40. The molecular weight excluding hydrogens is 316 g/mol. The normalized spacial score (nSPS) is 22.0. The number of rotatable bonds is 4. The summed E-state index contributed by atoms with van der Waals surface area (Å²) in [7, 11) is 0. The fourth-order valence-electron chi connectivity index (χ4n) is 3.06. The van der Waals surface area contributed by atoms with E-state index >= 15 is 0 Å². The predicted octanol–water partition coefficient (Wildman–Crippen LogP) is 3.78. The molecule has 1 saturated heterocycles. The van der Waals surface area contributed by atoms with Crippen molar-refractivity contribution in [3.63, 3.8) is 0 Å². The van der Waals surface area contributed by atoms with Gasteiger partial charge >= 0.3 is 0 Å². The second-order valence-corrected chi connectivity index (χ2v) is 6.70. The van der Waals surface area contributed by atoms with E-state index in [1.807, 2.05) is 13.0 Å². The summed E-state index contributed by atoms with van der Waals surface area (Å²) in [4.78, 5) is 12.7. The molecule has 0 bridgehead atoms. The van der Waals surface area contributed by atoms with Crippen LogP contribution < -0.4 is 10.6 Å². The van der Waals surface area contributed by atoms with Gasteiger partial charge in [0.25, 0.3) is 0 Å². The van der Waals surface area contributed by atoms with Crippen molar-refractivity contribution in [1.29, 1.82) is 0 Å². The van der Waals surface area contributed by atoms with Crippen LogP contribution in [0.5, 0.6) is 0 Å². The van der Waals surface area contributed by atoms with Gasteiger partial charge in [0, 0.05) is 11.0 Å². The number of halogens is 1. The van der Waals surface area contributed by atoms with Crippen molar-refractivity contribution in [2.24, 2.45) is 5.41 Å². The number of hydrogen-bond acceptors (Lipinski definition) is 2. The molecule has 0 saturated carbocycles. The lowest BCUT2D eigenvalue weighted by atomic mass is 9.81. The fourth-order valence-corrected chi connectivity index (χ4v) is 3.84. The van der Waals surface area contributed by atoms with Crippen molar-refractivity contribution in [2.45, 2.75) is 40.0 Å².